The Morgan fingerprint density at radius 2 is 2.21 bits per heavy atom. The van der Waals surface area contributed by atoms with Gasteiger partial charge in [0.15, 0.2) is 0 Å². The zero-order valence-electron chi connectivity index (χ0n) is 10.8. The molecule has 3 rings (SSSR count). The van der Waals surface area contributed by atoms with E-state index >= 15 is 0 Å². The molecule has 1 aromatic carbocycles. The number of likely N-dealkylation sites (tertiary alicyclic amines) is 1. The third kappa shape index (κ3) is 2.25. The third-order valence-corrected chi connectivity index (χ3v) is 4.22. The van der Waals surface area contributed by atoms with Crippen LogP contribution >= 0.6 is 0 Å². The van der Waals surface area contributed by atoms with Gasteiger partial charge in [-0.25, -0.2) is 4.39 Å². The molecule has 0 aromatic heterocycles. The van der Waals surface area contributed by atoms with Crippen LogP contribution in [0.3, 0.4) is 0 Å². The Hall–Kier alpha value is -1.42. The monoisotopic (exact) mass is 263 g/mol. The Labute approximate surface area is 112 Å². The number of carbonyl (C=O) groups is 1. The number of hydrogen-bond donors (Lipinski definition) is 1. The second-order valence-corrected chi connectivity index (χ2v) is 5.64. The van der Waals surface area contributed by atoms with Crippen molar-refractivity contribution in [1.29, 1.82) is 0 Å². The van der Waals surface area contributed by atoms with Gasteiger partial charge < -0.3 is 10.0 Å². The lowest BCUT2D eigenvalue weighted by Crippen LogP contribution is -2.46. The largest absolute Gasteiger partial charge is 0.391 e. The summed E-state index contributed by atoms with van der Waals surface area (Å²) in [5.74, 6) is -0.243. The summed E-state index contributed by atoms with van der Waals surface area (Å²) in [6.07, 6.45) is 2.74. The van der Waals surface area contributed by atoms with Crippen LogP contribution in [-0.2, 0) is 10.2 Å². The Morgan fingerprint density at radius 3 is 2.84 bits per heavy atom. The van der Waals surface area contributed by atoms with E-state index in [0.717, 1.165) is 31.2 Å². The van der Waals surface area contributed by atoms with E-state index in [9.17, 15) is 14.3 Å². The van der Waals surface area contributed by atoms with Crippen molar-refractivity contribution < 1.29 is 14.3 Å². The molecule has 1 aliphatic carbocycles. The minimum absolute atomic E-state index is 0.0526. The highest BCUT2D eigenvalue weighted by molar-refractivity contribution is 5.91. The number of carbonyl (C=O) groups excluding carboxylic acids is 1. The highest BCUT2D eigenvalue weighted by atomic mass is 19.1. The van der Waals surface area contributed by atoms with Crippen LogP contribution in [0.1, 0.15) is 31.2 Å². The Morgan fingerprint density at radius 1 is 1.42 bits per heavy atom. The predicted molar refractivity (Wildman–Crippen MR) is 69.1 cm³/mol. The number of piperidine rings is 1. The molecule has 1 unspecified atom stereocenters. The fraction of sp³-hybridized carbons (Fsp3) is 0.533. The maximum atomic E-state index is 13.3. The number of aliphatic hydroxyl groups excluding tert-OH is 1. The van der Waals surface area contributed by atoms with Crippen LogP contribution in [0, 0.1) is 5.82 Å². The van der Waals surface area contributed by atoms with Gasteiger partial charge in [0.25, 0.3) is 0 Å². The molecular formula is C15H18FNO2. The van der Waals surface area contributed by atoms with Gasteiger partial charge in [-0.05, 0) is 43.4 Å². The molecule has 1 saturated carbocycles. The molecule has 1 N–H and O–H groups in total. The number of nitrogens with zero attached hydrogens (tertiary/aromatic N) is 1. The SMILES string of the molecule is O=C(N1CCCC(O)C1)C1(c2cccc(F)c2)CC1. The zero-order valence-corrected chi connectivity index (χ0v) is 10.8. The van der Waals surface area contributed by atoms with Gasteiger partial charge in [0.05, 0.1) is 11.5 Å². The molecular weight excluding hydrogens is 245 g/mol. The normalized spacial score (nSPS) is 25.2. The molecule has 1 amide bonds. The van der Waals surface area contributed by atoms with Crippen molar-refractivity contribution in [2.45, 2.75) is 37.2 Å². The molecule has 1 aromatic rings. The fourth-order valence-electron chi connectivity index (χ4n) is 2.98. The van der Waals surface area contributed by atoms with Crippen molar-refractivity contribution >= 4 is 5.91 Å². The Kier molecular flexibility index (Phi) is 3.05. The fourth-order valence-corrected chi connectivity index (χ4v) is 2.98. The molecule has 102 valence electrons. The van der Waals surface area contributed by atoms with Crippen molar-refractivity contribution in [2.75, 3.05) is 13.1 Å². The number of β-amino-alcohol motifs (C(OH)–C–C–N with tert-alkyl or cyclic N) is 1. The third-order valence-electron chi connectivity index (χ3n) is 4.22. The Balaban J connectivity index is 1.82. The van der Waals surface area contributed by atoms with Crippen molar-refractivity contribution in [2.24, 2.45) is 0 Å². The zero-order chi connectivity index (χ0) is 13.5. The van der Waals surface area contributed by atoms with Gasteiger partial charge in [0.1, 0.15) is 5.82 Å². The number of aliphatic hydroxyl groups is 1. The summed E-state index contributed by atoms with van der Waals surface area (Å²) in [4.78, 5) is 14.4. The lowest BCUT2D eigenvalue weighted by molar-refractivity contribution is -0.137. The molecule has 3 nitrogen and oxygen atoms in total. The van der Waals surface area contributed by atoms with E-state index in [2.05, 4.69) is 0 Å². The number of amides is 1. The maximum absolute atomic E-state index is 13.3. The number of hydrogen-bond acceptors (Lipinski definition) is 2. The molecule has 0 radical (unpaired) electrons. The van der Waals surface area contributed by atoms with Gasteiger partial charge in [0.2, 0.25) is 5.91 Å². The first-order valence-corrected chi connectivity index (χ1v) is 6.85. The van der Waals surface area contributed by atoms with Crippen LogP contribution < -0.4 is 0 Å². The standard InChI is InChI=1S/C15H18FNO2/c16-12-4-1-3-11(9-12)15(6-7-15)14(19)17-8-2-5-13(18)10-17/h1,3-4,9,13,18H,2,5-8,10H2. The Bertz CT molecular complexity index is 499. The summed E-state index contributed by atoms with van der Waals surface area (Å²) in [5, 5.41) is 9.68. The molecule has 4 heteroatoms. The first kappa shape index (κ1) is 12.6. The van der Waals surface area contributed by atoms with Crippen LogP contribution in [0.25, 0.3) is 0 Å². The van der Waals surface area contributed by atoms with E-state index in [4.69, 9.17) is 0 Å². The summed E-state index contributed by atoms with van der Waals surface area (Å²) >= 11 is 0. The average molecular weight is 263 g/mol. The molecule has 0 spiro atoms. The summed E-state index contributed by atoms with van der Waals surface area (Å²) in [5.41, 5.74) is 0.247. The first-order chi connectivity index (χ1) is 9.12. The summed E-state index contributed by atoms with van der Waals surface area (Å²) in [7, 11) is 0. The van der Waals surface area contributed by atoms with Crippen molar-refractivity contribution in [1.82, 2.24) is 4.90 Å². The lowest BCUT2D eigenvalue weighted by atomic mass is 9.93. The lowest BCUT2D eigenvalue weighted by Gasteiger charge is -2.33. The summed E-state index contributed by atoms with van der Waals surface area (Å²) in [6, 6.07) is 6.34. The number of benzene rings is 1. The number of halogens is 1. The maximum Gasteiger partial charge on any atom is 0.233 e. The predicted octanol–water partition coefficient (Wildman–Crippen LogP) is 1.84. The van der Waals surface area contributed by atoms with Gasteiger partial charge in [-0.1, -0.05) is 12.1 Å². The molecule has 1 aliphatic heterocycles. The first-order valence-electron chi connectivity index (χ1n) is 6.85. The molecule has 2 aliphatic rings. The van der Waals surface area contributed by atoms with E-state index in [1.54, 1.807) is 11.0 Å². The minimum atomic E-state index is -0.529. The van der Waals surface area contributed by atoms with Gasteiger partial charge >= 0.3 is 0 Å². The van der Waals surface area contributed by atoms with Gasteiger partial charge in [-0.2, -0.15) is 0 Å². The summed E-state index contributed by atoms with van der Waals surface area (Å²) < 4.78 is 13.3. The minimum Gasteiger partial charge on any atom is -0.391 e. The van der Waals surface area contributed by atoms with Crippen molar-refractivity contribution in [3.05, 3.63) is 35.6 Å². The van der Waals surface area contributed by atoms with Crippen molar-refractivity contribution in [3.8, 4) is 0 Å². The second kappa shape index (κ2) is 4.60. The topological polar surface area (TPSA) is 40.5 Å². The molecule has 0 bridgehead atoms. The highest BCUT2D eigenvalue weighted by Gasteiger charge is 2.53. The smallest absolute Gasteiger partial charge is 0.233 e. The second-order valence-electron chi connectivity index (χ2n) is 5.64. The van der Waals surface area contributed by atoms with Crippen LogP contribution in [0.5, 0.6) is 0 Å². The van der Waals surface area contributed by atoms with E-state index in [-0.39, 0.29) is 11.7 Å². The van der Waals surface area contributed by atoms with Gasteiger partial charge in [-0.15, -0.1) is 0 Å². The van der Waals surface area contributed by atoms with E-state index < -0.39 is 11.5 Å². The van der Waals surface area contributed by atoms with Crippen molar-refractivity contribution in [3.63, 3.8) is 0 Å². The number of rotatable bonds is 2. The molecule has 1 heterocycles. The average Bonchev–Trinajstić information content (AvgIpc) is 3.19. The van der Waals surface area contributed by atoms with Crippen LogP contribution in [0.4, 0.5) is 4.39 Å². The van der Waals surface area contributed by atoms with Gasteiger partial charge in [-0.3, -0.25) is 4.79 Å². The van der Waals surface area contributed by atoms with Crippen LogP contribution in [-0.4, -0.2) is 35.1 Å². The van der Waals surface area contributed by atoms with E-state index in [1.807, 2.05) is 6.07 Å². The molecule has 1 saturated heterocycles. The van der Waals surface area contributed by atoms with Crippen LogP contribution in [0.2, 0.25) is 0 Å². The quantitative estimate of drug-likeness (QED) is 0.884. The summed E-state index contributed by atoms with van der Waals surface area (Å²) in [6.45, 7) is 1.11. The highest BCUT2D eigenvalue weighted by Crippen LogP contribution is 2.50. The van der Waals surface area contributed by atoms with Crippen LogP contribution in [0.15, 0.2) is 24.3 Å². The molecule has 19 heavy (non-hydrogen) atoms. The molecule has 2 fully saturated rings. The molecule has 1 atom stereocenters. The van der Waals surface area contributed by atoms with E-state index in [1.165, 1.54) is 12.1 Å². The van der Waals surface area contributed by atoms with Gasteiger partial charge in [0, 0.05) is 13.1 Å². The van der Waals surface area contributed by atoms with E-state index in [0.29, 0.717) is 13.1 Å².